The molecule has 5 atom stereocenters. The minimum atomic E-state index is -4.95. The molecule has 18 heteroatoms. The molecule has 0 bridgehead atoms. The third-order valence-corrected chi connectivity index (χ3v) is 18.1. The lowest BCUT2D eigenvalue weighted by Crippen LogP contribution is -2.30. The van der Waals surface area contributed by atoms with E-state index < -0.39 is 91.5 Å². The van der Waals surface area contributed by atoms with Gasteiger partial charge in [0.1, 0.15) is 25.4 Å². The van der Waals surface area contributed by atoms with Crippen LogP contribution in [-0.4, -0.2) is 95.9 Å². The summed E-state index contributed by atoms with van der Waals surface area (Å²) in [6.07, 6.45) is 95.5. The smallest absolute Gasteiger partial charge is 0.463 e. The topological polar surface area (TPSA) is 231 Å². The number of phosphoric acid groups is 2. The zero-order valence-corrected chi connectivity index (χ0v) is 66.0. The van der Waals surface area contributed by atoms with Crippen molar-refractivity contribution < 1.29 is 75.8 Å². The van der Waals surface area contributed by atoms with Crippen LogP contribution in [-0.2, 0) is 55.8 Å². The van der Waals surface area contributed by atoms with Gasteiger partial charge in [-0.05, 0) is 154 Å². The highest BCUT2D eigenvalue weighted by atomic mass is 31.2. The molecule has 16 nitrogen and oxygen atoms in total. The Hall–Kier alpha value is -4.83. The summed E-state index contributed by atoms with van der Waals surface area (Å²) in [5.74, 6) is -1.62. The first-order valence-electron chi connectivity index (χ1n) is 39.8. The maximum atomic E-state index is 13.0. The number of carbonyl (C=O) groups is 3. The fourth-order valence-corrected chi connectivity index (χ4v) is 11.7. The molecule has 0 aliphatic rings. The number of phosphoric ester groups is 2. The van der Waals surface area contributed by atoms with Gasteiger partial charge in [-0.15, -0.1) is 0 Å². The maximum Gasteiger partial charge on any atom is 0.472 e. The Labute approximate surface area is 625 Å². The van der Waals surface area contributed by atoms with Gasteiger partial charge in [-0.2, -0.15) is 0 Å². The monoisotopic (exact) mass is 1480 g/mol. The predicted molar refractivity (Wildman–Crippen MR) is 426 cm³/mol. The first-order valence-corrected chi connectivity index (χ1v) is 42.8. The largest absolute Gasteiger partial charge is 0.472 e. The number of carbonyl (C=O) groups excluding carboxylic acids is 3. The van der Waals surface area contributed by atoms with E-state index in [1.165, 1.54) is 51.4 Å². The SMILES string of the molecule is CC/C=C\C/C=C\C/C=C\C/C=C\C/C=C\CCCCCCCC(=O)OC(COC(=O)CCCCCCCCC/C=C\C/C=C\C/C=C\C/C=C\CCCCC)COP(=O)(O)OCC(O)COP(=O)(O)OCC(O)COC(=O)CCCCCCCCC/C=C\C/C=C\C/C=C\C/C=C\CCCCC. The summed E-state index contributed by atoms with van der Waals surface area (Å²) in [5, 5.41) is 20.6. The van der Waals surface area contributed by atoms with Crippen molar-refractivity contribution in [3.63, 3.8) is 0 Å². The normalized spacial score (nSPS) is 14.8. The Bertz CT molecular complexity index is 2500. The van der Waals surface area contributed by atoms with E-state index in [4.69, 9.17) is 32.3 Å². The highest BCUT2D eigenvalue weighted by Crippen LogP contribution is 2.45. The van der Waals surface area contributed by atoms with Gasteiger partial charge in [0.15, 0.2) is 6.10 Å². The van der Waals surface area contributed by atoms with Crippen LogP contribution in [0, 0.1) is 0 Å². The number of hydrogen-bond acceptors (Lipinski definition) is 14. The second kappa shape index (κ2) is 76.8. The van der Waals surface area contributed by atoms with E-state index in [1.54, 1.807) is 0 Å². The molecule has 588 valence electrons. The maximum absolute atomic E-state index is 13.0. The van der Waals surface area contributed by atoms with Crippen LogP contribution < -0.4 is 0 Å². The molecule has 0 spiro atoms. The summed E-state index contributed by atoms with van der Waals surface area (Å²) in [5.41, 5.74) is 0. The number of rotatable bonds is 74. The molecule has 0 heterocycles. The molecule has 0 aromatic carbocycles. The predicted octanol–water partition coefficient (Wildman–Crippen LogP) is 23.4. The van der Waals surface area contributed by atoms with E-state index in [-0.39, 0.29) is 19.3 Å². The highest BCUT2D eigenvalue weighted by Gasteiger charge is 2.29. The highest BCUT2D eigenvalue weighted by molar-refractivity contribution is 7.47. The fourth-order valence-electron chi connectivity index (χ4n) is 10.2. The lowest BCUT2D eigenvalue weighted by atomic mass is 10.1. The first-order chi connectivity index (χ1) is 50.2. The Kier molecular flexibility index (Phi) is 73.2. The van der Waals surface area contributed by atoms with Crippen LogP contribution >= 0.6 is 15.6 Å². The third kappa shape index (κ3) is 78.1. The lowest BCUT2D eigenvalue weighted by molar-refractivity contribution is -0.161. The van der Waals surface area contributed by atoms with Gasteiger partial charge < -0.3 is 34.2 Å². The van der Waals surface area contributed by atoms with Crippen molar-refractivity contribution >= 4 is 33.6 Å². The minimum absolute atomic E-state index is 0.0736. The summed E-state index contributed by atoms with van der Waals surface area (Å²) >= 11 is 0. The standard InChI is InChI=1S/C85H142O16P2/c1-4-7-10-13-16-19-22-25-28-31-34-37-39-42-44-47-50-53-56-59-62-65-68-71-83(88)95-74-80(86)75-97-102(91,92)98-76-81(87)77-99-103(93,94)100-79-82(101-85(90)73-70-67-64-61-58-55-52-49-46-41-36-33-30-27-24-21-18-15-12-9-6-3)78-96-84(89)72-69-66-63-60-57-54-51-48-45-43-40-38-35-32-29-26-23-20-17-14-11-8-5-2/h9,12,16-21,25-30,34-38,41-45,49,52,80-82,86-87H,4-8,10-11,13-15,22-24,31-33,39-40,46-48,50-51,53-79H2,1-3H3,(H,91,92)(H,93,94)/b12-9-,19-16-,20-17-,21-18-,28-25-,29-26-,30-27-,37-34-,38-35-,41-36-,44-42-,45-43-,52-49-. The molecule has 0 amide bonds. The van der Waals surface area contributed by atoms with Crippen LogP contribution in [0.1, 0.15) is 303 Å². The van der Waals surface area contributed by atoms with Gasteiger partial charge in [-0.1, -0.05) is 288 Å². The lowest BCUT2D eigenvalue weighted by Gasteiger charge is -2.21. The molecule has 0 saturated carbocycles. The van der Waals surface area contributed by atoms with Crippen molar-refractivity contribution in [3.05, 3.63) is 158 Å². The van der Waals surface area contributed by atoms with Crippen molar-refractivity contribution in [1.29, 1.82) is 0 Å². The summed E-state index contributed by atoms with van der Waals surface area (Å²) in [4.78, 5) is 58.7. The fraction of sp³-hybridized carbons (Fsp3) is 0.659. The molecule has 0 rings (SSSR count). The van der Waals surface area contributed by atoms with Gasteiger partial charge in [0.05, 0.1) is 26.4 Å². The van der Waals surface area contributed by atoms with Crippen molar-refractivity contribution in [3.8, 4) is 0 Å². The molecule has 103 heavy (non-hydrogen) atoms. The molecular formula is C85H142O16P2. The Morgan fingerprint density at radius 2 is 0.515 bits per heavy atom. The summed E-state index contributed by atoms with van der Waals surface area (Å²) in [6.45, 7) is 2.46. The number of allylic oxidation sites excluding steroid dienone is 26. The molecule has 0 aliphatic heterocycles. The molecule has 5 unspecified atom stereocenters. The van der Waals surface area contributed by atoms with Crippen molar-refractivity contribution in [2.24, 2.45) is 0 Å². The molecule has 0 fully saturated rings. The molecule has 4 N–H and O–H groups in total. The summed E-state index contributed by atoms with van der Waals surface area (Å²) in [7, 11) is -9.82. The number of ether oxygens (including phenoxy) is 3. The van der Waals surface area contributed by atoms with Crippen molar-refractivity contribution in [2.45, 2.75) is 322 Å². The molecule has 0 radical (unpaired) electrons. The Balaban J connectivity index is 4.76. The van der Waals surface area contributed by atoms with E-state index in [0.29, 0.717) is 19.3 Å². The van der Waals surface area contributed by atoms with Crippen LogP contribution in [0.25, 0.3) is 0 Å². The van der Waals surface area contributed by atoms with Crippen LogP contribution in [0.3, 0.4) is 0 Å². The van der Waals surface area contributed by atoms with Gasteiger partial charge in [-0.3, -0.25) is 32.5 Å². The average Bonchev–Trinajstić information content (AvgIpc) is 0.938. The van der Waals surface area contributed by atoms with Crippen LogP contribution in [0.5, 0.6) is 0 Å². The zero-order valence-electron chi connectivity index (χ0n) is 64.2. The molecule has 0 aliphatic carbocycles. The number of esters is 3. The van der Waals surface area contributed by atoms with E-state index in [9.17, 15) is 43.5 Å². The Morgan fingerprint density at radius 1 is 0.282 bits per heavy atom. The molecular weight excluding hydrogens is 1340 g/mol. The van der Waals surface area contributed by atoms with E-state index >= 15 is 0 Å². The van der Waals surface area contributed by atoms with Gasteiger partial charge in [0, 0.05) is 19.3 Å². The zero-order chi connectivity index (χ0) is 75.2. The summed E-state index contributed by atoms with van der Waals surface area (Å²) in [6, 6.07) is 0. The number of unbranched alkanes of at least 4 members (excludes halogenated alkanes) is 25. The quantitative estimate of drug-likeness (QED) is 0.0146. The van der Waals surface area contributed by atoms with Gasteiger partial charge in [0.2, 0.25) is 0 Å². The van der Waals surface area contributed by atoms with E-state index in [2.05, 4.69) is 179 Å². The Morgan fingerprint density at radius 3 is 0.816 bits per heavy atom. The summed E-state index contributed by atoms with van der Waals surface area (Å²) < 4.78 is 61.2. The van der Waals surface area contributed by atoms with Crippen LogP contribution in [0.4, 0.5) is 0 Å². The van der Waals surface area contributed by atoms with E-state index in [0.717, 1.165) is 193 Å². The van der Waals surface area contributed by atoms with E-state index in [1.807, 2.05) is 0 Å². The van der Waals surface area contributed by atoms with Crippen molar-refractivity contribution in [2.75, 3.05) is 39.6 Å². The third-order valence-electron chi connectivity index (χ3n) is 16.2. The number of aliphatic hydroxyl groups excluding tert-OH is 2. The van der Waals surface area contributed by atoms with Gasteiger partial charge in [-0.25, -0.2) is 9.13 Å². The van der Waals surface area contributed by atoms with Crippen molar-refractivity contribution in [1.82, 2.24) is 0 Å². The molecule has 0 aromatic rings. The second-order valence-electron chi connectivity index (χ2n) is 26.1. The van der Waals surface area contributed by atoms with Crippen LogP contribution in [0.2, 0.25) is 0 Å². The van der Waals surface area contributed by atoms with Gasteiger partial charge >= 0.3 is 33.6 Å². The minimum Gasteiger partial charge on any atom is -0.463 e. The number of hydrogen-bond donors (Lipinski definition) is 4. The molecule has 0 aromatic heterocycles. The molecule has 0 saturated heterocycles. The number of aliphatic hydroxyl groups is 2. The van der Waals surface area contributed by atoms with Gasteiger partial charge in [0.25, 0.3) is 0 Å². The second-order valence-corrected chi connectivity index (χ2v) is 29.0. The van der Waals surface area contributed by atoms with Crippen LogP contribution in [0.15, 0.2) is 158 Å². The average molecular weight is 1480 g/mol. The first kappa shape index (κ1) is 98.2.